The van der Waals surface area contributed by atoms with Gasteiger partial charge in [-0.25, -0.2) is 0 Å². The SMILES string of the molecule is NCC1COC1.[V]. The maximum atomic E-state index is 5.25. The third-order valence-corrected chi connectivity index (χ3v) is 1.04. The number of hydrogen-bond acceptors (Lipinski definition) is 2. The zero-order valence-corrected chi connectivity index (χ0v) is 5.53. The first-order chi connectivity index (χ1) is 2.93. The van der Waals surface area contributed by atoms with Crippen LogP contribution in [0.5, 0.6) is 0 Å². The van der Waals surface area contributed by atoms with Crippen molar-refractivity contribution in [2.75, 3.05) is 19.8 Å². The van der Waals surface area contributed by atoms with E-state index in [9.17, 15) is 0 Å². The molecule has 2 nitrogen and oxygen atoms in total. The molecule has 41 valence electrons. The Balaban J connectivity index is 0.000000360. The molecule has 0 aliphatic carbocycles. The fourth-order valence-corrected chi connectivity index (χ4v) is 0.421. The van der Waals surface area contributed by atoms with Crippen molar-refractivity contribution in [2.45, 2.75) is 0 Å². The van der Waals surface area contributed by atoms with E-state index in [4.69, 9.17) is 10.5 Å². The molecule has 2 N–H and O–H groups in total. The van der Waals surface area contributed by atoms with Crippen LogP contribution in [0, 0.1) is 5.92 Å². The molecule has 0 saturated carbocycles. The summed E-state index contributed by atoms with van der Waals surface area (Å²) in [4.78, 5) is 0. The summed E-state index contributed by atoms with van der Waals surface area (Å²) in [6.07, 6.45) is 0. The monoisotopic (exact) mass is 138 g/mol. The predicted molar refractivity (Wildman–Crippen MR) is 23.4 cm³/mol. The topological polar surface area (TPSA) is 35.2 Å². The Hall–Kier alpha value is 0.504. The average Bonchev–Trinajstić information content (AvgIpc) is 1.31. The number of hydrogen-bond donors (Lipinski definition) is 1. The van der Waals surface area contributed by atoms with Gasteiger partial charge in [-0.2, -0.15) is 0 Å². The number of rotatable bonds is 1. The van der Waals surface area contributed by atoms with Gasteiger partial charge in [0.25, 0.3) is 0 Å². The van der Waals surface area contributed by atoms with Crippen molar-refractivity contribution in [2.24, 2.45) is 11.7 Å². The van der Waals surface area contributed by atoms with Crippen LogP contribution < -0.4 is 5.73 Å². The largest absolute Gasteiger partial charge is 0.381 e. The van der Waals surface area contributed by atoms with Gasteiger partial charge < -0.3 is 10.5 Å². The first kappa shape index (κ1) is 7.50. The predicted octanol–water partition coefficient (Wildman–Crippen LogP) is -0.411. The molecule has 1 aliphatic rings. The van der Waals surface area contributed by atoms with Crippen LogP contribution in [0.2, 0.25) is 0 Å². The summed E-state index contributed by atoms with van der Waals surface area (Å²) in [5, 5.41) is 0. The Morgan fingerprint density at radius 2 is 2.14 bits per heavy atom. The zero-order valence-electron chi connectivity index (χ0n) is 4.13. The van der Waals surface area contributed by atoms with Crippen LogP contribution in [-0.2, 0) is 23.3 Å². The minimum atomic E-state index is 0. The van der Waals surface area contributed by atoms with Gasteiger partial charge in [0.15, 0.2) is 0 Å². The van der Waals surface area contributed by atoms with Crippen LogP contribution in [0.4, 0.5) is 0 Å². The van der Waals surface area contributed by atoms with Gasteiger partial charge in [0.2, 0.25) is 0 Å². The van der Waals surface area contributed by atoms with E-state index >= 15 is 0 Å². The average molecular weight is 138 g/mol. The van der Waals surface area contributed by atoms with Crippen LogP contribution in [0.15, 0.2) is 0 Å². The van der Waals surface area contributed by atoms with Gasteiger partial charge in [0, 0.05) is 24.5 Å². The number of nitrogens with two attached hydrogens (primary N) is 1. The molecule has 0 atom stereocenters. The molecule has 1 saturated heterocycles. The minimum absolute atomic E-state index is 0. The van der Waals surface area contributed by atoms with Crippen molar-refractivity contribution in [1.29, 1.82) is 0 Å². The van der Waals surface area contributed by atoms with Gasteiger partial charge in [-0.15, -0.1) is 0 Å². The van der Waals surface area contributed by atoms with Gasteiger partial charge in [0.05, 0.1) is 13.2 Å². The Kier molecular flexibility index (Phi) is 3.75. The number of ether oxygens (including phenoxy) is 1. The molecule has 7 heavy (non-hydrogen) atoms. The molecule has 0 unspecified atom stereocenters. The van der Waals surface area contributed by atoms with Gasteiger partial charge in [-0.1, -0.05) is 0 Å². The van der Waals surface area contributed by atoms with Crippen molar-refractivity contribution in [3.63, 3.8) is 0 Å². The second-order valence-electron chi connectivity index (χ2n) is 1.64. The molecule has 1 heterocycles. The van der Waals surface area contributed by atoms with E-state index in [0.717, 1.165) is 19.8 Å². The maximum absolute atomic E-state index is 5.25. The van der Waals surface area contributed by atoms with Gasteiger partial charge >= 0.3 is 0 Å². The molecule has 1 radical (unpaired) electrons. The summed E-state index contributed by atoms with van der Waals surface area (Å²) in [7, 11) is 0. The quantitative estimate of drug-likeness (QED) is 0.534. The second kappa shape index (κ2) is 3.50. The molecule has 1 aliphatic heterocycles. The molecule has 0 aromatic carbocycles. The first-order valence-corrected chi connectivity index (χ1v) is 2.21. The molecule has 3 heteroatoms. The minimum Gasteiger partial charge on any atom is -0.381 e. The van der Waals surface area contributed by atoms with Crippen LogP contribution >= 0.6 is 0 Å². The summed E-state index contributed by atoms with van der Waals surface area (Å²) >= 11 is 0. The van der Waals surface area contributed by atoms with E-state index in [2.05, 4.69) is 0 Å². The van der Waals surface area contributed by atoms with Gasteiger partial charge in [-0.05, 0) is 6.54 Å². The smallest absolute Gasteiger partial charge is 0.0528 e. The van der Waals surface area contributed by atoms with Crippen molar-refractivity contribution in [3.8, 4) is 0 Å². The summed E-state index contributed by atoms with van der Waals surface area (Å²) in [5.41, 5.74) is 5.25. The van der Waals surface area contributed by atoms with Crippen molar-refractivity contribution in [3.05, 3.63) is 0 Å². The third kappa shape index (κ3) is 1.82. The standard InChI is InChI=1S/C4H9NO.V/c5-1-4-2-6-3-4;/h4H,1-3,5H2;. The molecular weight excluding hydrogens is 129 g/mol. The molecule has 0 amide bonds. The molecule has 0 bridgehead atoms. The maximum Gasteiger partial charge on any atom is 0.0528 e. The van der Waals surface area contributed by atoms with Crippen LogP contribution in [-0.4, -0.2) is 19.8 Å². The molecule has 1 rings (SSSR count). The van der Waals surface area contributed by atoms with Crippen LogP contribution in [0.25, 0.3) is 0 Å². The normalized spacial score (nSPS) is 20.1. The van der Waals surface area contributed by atoms with Crippen LogP contribution in [0.3, 0.4) is 0 Å². The van der Waals surface area contributed by atoms with Gasteiger partial charge in [-0.3, -0.25) is 0 Å². The van der Waals surface area contributed by atoms with E-state index < -0.39 is 0 Å². The summed E-state index contributed by atoms with van der Waals surface area (Å²) in [5.74, 6) is 0.671. The Bertz CT molecular complexity index is 44.2. The summed E-state index contributed by atoms with van der Waals surface area (Å²) in [6.45, 7) is 2.56. The Morgan fingerprint density at radius 1 is 1.57 bits per heavy atom. The summed E-state index contributed by atoms with van der Waals surface area (Å²) < 4.78 is 4.85. The van der Waals surface area contributed by atoms with E-state index in [1.54, 1.807) is 0 Å². The van der Waals surface area contributed by atoms with E-state index in [1.807, 2.05) is 0 Å². The zero-order chi connectivity index (χ0) is 4.41. The Labute approximate surface area is 55.3 Å². The van der Waals surface area contributed by atoms with Crippen molar-refractivity contribution < 1.29 is 23.3 Å². The molecule has 0 aromatic rings. The fourth-order valence-electron chi connectivity index (χ4n) is 0.421. The molecular formula is C4H9NOV. The van der Waals surface area contributed by atoms with Gasteiger partial charge in [0.1, 0.15) is 0 Å². The van der Waals surface area contributed by atoms with E-state index in [0.29, 0.717) is 5.92 Å². The van der Waals surface area contributed by atoms with E-state index in [-0.39, 0.29) is 18.6 Å². The van der Waals surface area contributed by atoms with Crippen molar-refractivity contribution in [1.82, 2.24) is 0 Å². The van der Waals surface area contributed by atoms with E-state index in [1.165, 1.54) is 0 Å². The first-order valence-electron chi connectivity index (χ1n) is 2.21. The third-order valence-electron chi connectivity index (χ3n) is 1.04. The molecule has 0 spiro atoms. The summed E-state index contributed by atoms with van der Waals surface area (Å²) in [6, 6.07) is 0. The fraction of sp³-hybridized carbons (Fsp3) is 1.00. The second-order valence-corrected chi connectivity index (χ2v) is 1.64. The molecule has 1 fully saturated rings. The van der Waals surface area contributed by atoms with Crippen molar-refractivity contribution >= 4 is 0 Å². The molecule has 0 aromatic heterocycles. The van der Waals surface area contributed by atoms with Crippen LogP contribution in [0.1, 0.15) is 0 Å². The Morgan fingerprint density at radius 3 is 2.14 bits per heavy atom.